The van der Waals surface area contributed by atoms with Gasteiger partial charge in [-0.25, -0.2) is 0 Å². The summed E-state index contributed by atoms with van der Waals surface area (Å²) < 4.78 is 10.8. The third kappa shape index (κ3) is 5.99. The molecule has 0 unspecified atom stereocenters. The van der Waals surface area contributed by atoms with Crippen LogP contribution in [-0.2, 0) is 17.6 Å². The highest BCUT2D eigenvalue weighted by atomic mass is 16.5. The molecule has 2 bridgehead atoms. The maximum Gasteiger partial charge on any atom is 0.200 e. The zero-order valence-corrected chi connectivity index (χ0v) is 23.3. The minimum absolute atomic E-state index is 0.00879. The molecule has 8 nitrogen and oxygen atoms in total. The maximum absolute atomic E-state index is 13.1. The lowest BCUT2D eigenvalue weighted by atomic mass is 9.65. The van der Waals surface area contributed by atoms with Gasteiger partial charge in [0.05, 0.1) is 13.2 Å². The molecule has 3 aliphatic rings. The smallest absolute Gasteiger partial charge is 0.200 e. The van der Waals surface area contributed by atoms with Crippen LogP contribution < -0.4 is 15.2 Å². The Labute approximate surface area is 240 Å². The summed E-state index contributed by atoms with van der Waals surface area (Å²) in [7, 11) is 1.50. The first-order valence-electron chi connectivity index (χ1n) is 14.3. The van der Waals surface area contributed by atoms with E-state index < -0.39 is 6.10 Å². The van der Waals surface area contributed by atoms with Gasteiger partial charge in [0.1, 0.15) is 12.5 Å². The van der Waals surface area contributed by atoms with Gasteiger partial charge in [0, 0.05) is 18.4 Å². The molecule has 0 aromatic heterocycles. The summed E-state index contributed by atoms with van der Waals surface area (Å²) in [5, 5.41) is 42.7. The van der Waals surface area contributed by atoms with Gasteiger partial charge < -0.3 is 29.9 Å². The number of aromatic hydroxyl groups is 3. The Balaban J connectivity index is 1.38. The minimum Gasteiger partial charge on any atom is -0.504 e. The normalized spacial score (nSPS) is 22.0. The van der Waals surface area contributed by atoms with Crippen molar-refractivity contribution in [2.45, 2.75) is 62.9 Å². The highest BCUT2D eigenvalue weighted by molar-refractivity contribution is 5.79. The Morgan fingerprint density at radius 3 is 2.54 bits per heavy atom. The largest absolute Gasteiger partial charge is 0.504 e. The number of nitrogens with two attached hydrogens (primary N) is 1. The number of methoxy groups -OCH3 is 1. The third-order valence-electron chi connectivity index (χ3n) is 8.91. The lowest BCUT2D eigenvalue weighted by Gasteiger charge is -2.40. The number of phenolic OH excluding ortho intramolecular Hbond substituents is 3. The SMILES string of the molecule is COc1c(O)c(O)cc2c1[C@H]1CC[C@@H]([C@@H](O)CC(=O)CCc3ccc(O)c(OCN)c3)[C@H]2[C@@H](Cc2ccccc2)C1. The number of ketones is 1. The second-order valence-electron chi connectivity index (χ2n) is 11.4. The fraction of sp³-hybridized carbons (Fsp3) is 0.424. The number of carbonyl (C=O) groups excluding carboxylic acids is 1. The topological polar surface area (TPSA) is 142 Å². The molecule has 41 heavy (non-hydrogen) atoms. The Morgan fingerprint density at radius 2 is 1.80 bits per heavy atom. The van der Waals surface area contributed by atoms with Crippen molar-refractivity contribution in [1.29, 1.82) is 0 Å². The molecule has 1 saturated carbocycles. The van der Waals surface area contributed by atoms with E-state index in [1.165, 1.54) is 18.7 Å². The van der Waals surface area contributed by atoms with E-state index in [2.05, 4.69) is 12.1 Å². The van der Waals surface area contributed by atoms with Gasteiger partial charge in [0.15, 0.2) is 23.0 Å². The molecule has 218 valence electrons. The van der Waals surface area contributed by atoms with Crippen LogP contribution >= 0.6 is 0 Å². The van der Waals surface area contributed by atoms with Crippen LogP contribution in [0.4, 0.5) is 0 Å². The average molecular weight is 562 g/mol. The summed E-state index contributed by atoms with van der Waals surface area (Å²) >= 11 is 0. The van der Waals surface area contributed by atoms with E-state index >= 15 is 0 Å². The molecule has 3 aromatic rings. The number of fused-ring (bicyclic) bond motifs is 3. The van der Waals surface area contributed by atoms with Gasteiger partial charge in [0.2, 0.25) is 5.75 Å². The number of hydrogen-bond acceptors (Lipinski definition) is 8. The zero-order chi connectivity index (χ0) is 29.1. The Morgan fingerprint density at radius 1 is 1.02 bits per heavy atom. The third-order valence-corrected chi connectivity index (χ3v) is 8.91. The Hall–Kier alpha value is -3.75. The molecule has 6 N–H and O–H groups in total. The fourth-order valence-electron chi connectivity index (χ4n) is 7.12. The number of aliphatic hydroxyl groups excluding tert-OH is 1. The predicted octanol–water partition coefficient (Wildman–Crippen LogP) is 4.90. The van der Waals surface area contributed by atoms with Gasteiger partial charge in [-0.05, 0) is 90.7 Å². The van der Waals surface area contributed by atoms with Crippen LogP contribution in [0.3, 0.4) is 0 Å². The standard InChI is InChI=1S/C33H39NO7/c1-40-33-31-21-9-11-24(27(37)16-23(35)10-7-20-8-12-26(36)29(14-20)41-18-34)30(25(31)17-28(38)32(33)39)22(15-21)13-19-5-3-2-4-6-19/h2-6,8,12,14,17,21-22,24,27,30,36-39H,7,9-11,13,15-16,18,34H2,1H3/t21-,22-,24-,27-,30+/m0/s1. The van der Waals surface area contributed by atoms with Crippen LogP contribution in [-0.4, -0.2) is 46.2 Å². The van der Waals surface area contributed by atoms with E-state index in [0.717, 1.165) is 42.4 Å². The summed E-state index contributed by atoms with van der Waals surface area (Å²) in [6.45, 7) is -0.0663. The molecule has 8 heteroatoms. The zero-order valence-electron chi connectivity index (χ0n) is 23.3. The fourth-order valence-corrected chi connectivity index (χ4v) is 7.12. The molecule has 6 rings (SSSR count). The van der Waals surface area contributed by atoms with Gasteiger partial charge in [-0.3, -0.25) is 10.5 Å². The van der Waals surface area contributed by atoms with Crippen LogP contribution in [0.15, 0.2) is 54.6 Å². The molecule has 0 saturated heterocycles. The van der Waals surface area contributed by atoms with Gasteiger partial charge in [-0.15, -0.1) is 0 Å². The minimum atomic E-state index is -0.853. The van der Waals surface area contributed by atoms with Crippen molar-refractivity contribution in [3.8, 4) is 28.7 Å². The molecule has 1 fully saturated rings. The molecule has 0 heterocycles. The number of phenols is 3. The quantitative estimate of drug-likeness (QED) is 0.164. The first kappa shape index (κ1) is 28.8. The maximum atomic E-state index is 13.1. The van der Waals surface area contributed by atoms with Crippen molar-refractivity contribution in [2.75, 3.05) is 13.8 Å². The van der Waals surface area contributed by atoms with Crippen LogP contribution in [0.2, 0.25) is 0 Å². The van der Waals surface area contributed by atoms with E-state index in [9.17, 15) is 25.2 Å². The van der Waals surface area contributed by atoms with Crippen molar-refractivity contribution < 1.29 is 34.7 Å². The molecule has 0 radical (unpaired) electrons. The van der Waals surface area contributed by atoms with Crippen molar-refractivity contribution in [3.63, 3.8) is 0 Å². The first-order chi connectivity index (χ1) is 19.8. The molecule has 0 spiro atoms. The van der Waals surface area contributed by atoms with Gasteiger partial charge in [-0.2, -0.15) is 0 Å². The summed E-state index contributed by atoms with van der Waals surface area (Å²) in [4.78, 5) is 13.1. The molecular formula is C33H39NO7. The summed E-state index contributed by atoms with van der Waals surface area (Å²) in [5.41, 5.74) is 9.29. The van der Waals surface area contributed by atoms with Gasteiger partial charge >= 0.3 is 0 Å². The second kappa shape index (κ2) is 12.4. The molecule has 3 aliphatic carbocycles. The van der Waals surface area contributed by atoms with Crippen molar-refractivity contribution >= 4 is 5.78 Å². The average Bonchev–Trinajstić information content (AvgIpc) is 3.23. The van der Waals surface area contributed by atoms with Crippen molar-refractivity contribution in [1.82, 2.24) is 0 Å². The molecule has 0 aliphatic heterocycles. The number of carbonyl (C=O) groups is 1. The summed E-state index contributed by atoms with van der Waals surface area (Å²) in [6, 6.07) is 16.8. The lowest BCUT2D eigenvalue weighted by Crippen LogP contribution is -2.34. The Kier molecular flexibility index (Phi) is 8.71. The lowest BCUT2D eigenvalue weighted by molar-refractivity contribution is -0.121. The number of Topliss-reactive ketones (excluding diaryl/α,β-unsaturated/α-hetero) is 1. The highest BCUT2D eigenvalue weighted by Crippen LogP contribution is 2.59. The van der Waals surface area contributed by atoms with Crippen molar-refractivity contribution in [2.24, 2.45) is 17.6 Å². The number of hydrogen-bond donors (Lipinski definition) is 5. The van der Waals surface area contributed by atoms with Crippen molar-refractivity contribution in [3.05, 3.63) is 76.9 Å². The van der Waals surface area contributed by atoms with E-state index in [1.54, 1.807) is 18.2 Å². The first-order valence-corrected chi connectivity index (χ1v) is 14.3. The van der Waals surface area contributed by atoms with Crippen LogP contribution in [0.1, 0.15) is 66.2 Å². The number of aliphatic hydroxyl groups is 1. The number of aryl methyl sites for hydroxylation is 1. The van der Waals surface area contributed by atoms with Crippen LogP contribution in [0, 0.1) is 11.8 Å². The number of benzene rings is 3. The van der Waals surface area contributed by atoms with E-state index in [1.807, 2.05) is 18.2 Å². The van der Waals surface area contributed by atoms with E-state index in [-0.39, 0.29) is 72.0 Å². The van der Waals surface area contributed by atoms with Crippen LogP contribution in [0.5, 0.6) is 28.7 Å². The molecular weight excluding hydrogens is 522 g/mol. The molecule has 0 amide bonds. The predicted molar refractivity (Wildman–Crippen MR) is 155 cm³/mol. The van der Waals surface area contributed by atoms with Gasteiger partial charge in [0.25, 0.3) is 0 Å². The van der Waals surface area contributed by atoms with E-state index in [0.29, 0.717) is 12.2 Å². The van der Waals surface area contributed by atoms with Crippen LogP contribution in [0.25, 0.3) is 0 Å². The Bertz CT molecular complexity index is 1380. The van der Waals surface area contributed by atoms with E-state index in [4.69, 9.17) is 15.2 Å². The number of ether oxygens (including phenoxy) is 2. The highest BCUT2D eigenvalue weighted by Gasteiger charge is 2.47. The van der Waals surface area contributed by atoms with Gasteiger partial charge in [-0.1, -0.05) is 36.4 Å². The molecule has 3 aromatic carbocycles. The molecule has 5 atom stereocenters. The summed E-state index contributed by atoms with van der Waals surface area (Å²) in [6.07, 6.45) is 3.09. The summed E-state index contributed by atoms with van der Waals surface area (Å²) in [5.74, 6) is 0.0595. The second-order valence-corrected chi connectivity index (χ2v) is 11.4. The number of rotatable bonds is 11. The monoisotopic (exact) mass is 561 g/mol.